The van der Waals surface area contributed by atoms with Crippen LogP contribution in [0.1, 0.15) is 30.1 Å². The van der Waals surface area contributed by atoms with Gasteiger partial charge in [-0.3, -0.25) is 15.1 Å². The summed E-state index contributed by atoms with van der Waals surface area (Å²) in [6, 6.07) is 7.50. The number of hydrogen-bond donors (Lipinski definition) is 1. The largest absolute Gasteiger partial charge is 0.374 e. The number of rotatable bonds is 3. The summed E-state index contributed by atoms with van der Waals surface area (Å²) in [5.41, 5.74) is 2.12. The molecular formula is C15H14FN3O2. The number of nitro groups is 1. The molecule has 1 aromatic carbocycles. The second-order valence-electron chi connectivity index (χ2n) is 5.06. The molecule has 0 fully saturated rings. The van der Waals surface area contributed by atoms with Crippen molar-refractivity contribution in [3.05, 3.63) is 63.7 Å². The van der Waals surface area contributed by atoms with Gasteiger partial charge in [0.15, 0.2) is 5.82 Å². The van der Waals surface area contributed by atoms with Crippen LogP contribution >= 0.6 is 0 Å². The van der Waals surface area contributed by atoms with Gasteiger partial charge in [0.1, 0.15) is 0 Å². The molecule has 0 bridgehead atoms. The maximum absolute atomic E-state index is 14.0. The van der Waals surface area contributed by atoms with Gasteiger partial charge in [0.2, 0.25) is 0 Å². The predicted octanol–water partition coefficient (Wildman–Crippen LogP) is 3.62. The Balaban J connectivity index is 1.86. The third-order valence-electron chi connectivity index (χ3n) is 3.69. The lowest BCUT2D eigenvalue weighted by Gasteiger charge is -2.26. The van der Waals surface area contributed by atoms with Gasteiger partial charge in [0.05, 0.1) is 28.4 Å². The molecule has 1 unspecified atom stereocenters. The Bertz CT molecular complexity index is 690. The number of benzene rings is 1. The number of nitrogens with zero attached hydrogens (tertiary/aromatic N) is 2. The molecule has 1 aliphatic rings. The van der Waals surface area contributed by atoms with Gasteiger partial charge in [-0.1, -0.05) is 6.07 Å². The first-order chi connectivity index (χ1) is 10.1. The number of non-ortho nitro benzene ring substituents is 1. The third-order valence-corrected chi connectivity index (χ3v) is 3.69. The Hall–Kier alpha value is -2.50. The first kappa shape index (κ1) is 13.5. The first-order valence-electron chi connectivity index (χ1n) is 6.79. The number of halogens is 1. The van der Waals surface area contributed by atoms with E-state index in [1.807, 2.05) is 12.1 Å². The zero-order chi connectivity index (χ0) is 14.8. The second kappa shape index (κ2) is 5.47. The van der Waals surface area contributed by atoms with Crippen molar-refractivity contribution in [3.8, 4) is 0 Å². The molecule has 0 amide bonds. The standard InChI is InChI=1S/C15H14FN3O2/c16-12-9-11(19(20)21)6-7-13(12)18-14-5-1-3-10-4-2-8-17-15(10)14/h2,4,6-9,14,18H,1,3,5H2. The molecule has 2 aromatic rings. The van der Waals surface area contributed by atoms with Crippen molar-refractivity contribution < 1.29 is 9.31 Å². The summed E-state index contributed by atoms with van der Waals surface area (Å²) >= 11 is 0. The smallest absolute Gasteiger partial charge is 0.272 e. The van der Waals surface area contributed by atoms with Crippen LogP contribution in [0.2, 0.25) is 0 Å². The van der Waals surface area contributed by atoms with E-state index >= 15 is 0 Å². The topological polar surface area (TPSA) is 68.1 Å². The van der Waals surface area contributed by atoms with Crippen LogP contribution < -0.4 is 5.32 Å². The maximum Gasteiger partial charge on any atom is 0.272 e. The van der Waals surface area contributed by atoms with Crippen molar-refractivity contribution >= 4 is 11.4 Å². The lowest BCUT2D eigenvalue weighted by atomic mass is 9.92. The molecule has 1 N–H and O–H groups in total. The number of aromatic nitrogens is 1. The number of fused-ring (bicyclic) bond motifs is 1. The van der Waals surface area contributed by atoms with Crippen molar-refractivity contribution in [2.24, 2.45) is 0 Å². The molecule has 1 heterocycles. The molecule has 0 aliphatic heterocycles. The number of aryl methyl sites for hydroxylation is 1. The van der Waals surface area contributed by atoms with E-state index in [0.717, 1.165) is 31.0 Å². The Morgan fingerprint density at radius 3 is 3.00 bits per heavy atom. The fourth-order valence-corrected chi connectivity index (χ4v) is 2.67. The van der Waals surface area contributed by atoms with Crippen molar-refractivity contribution in [1.29, 1.82) is 0 Å². The van der Waals surface area contributed by atoms with Gasteiger partial charge in [-0.05, 0) is 37.0 Å². The minimum Gasteiger partial charge on any atom is -0.374 e. The fraction of sp³-hybridized carbons (Fsp3) is 0.267. The van der Waals surface area contributed by atoms with Crippen LogP contribution in [-0.4, -0.2) is 9.91 Å². The maximum atomic E-state index is 14.0. The van der Waals surface area contributed by atoms with Crippen LogP contribution in [0, 0.1) is 15.9 Å². The summed E-state index contributed by atoms with van der Waals surface area (Å²) in [4.78, 5) is 14.4. The van der Waals surface area contributed by atoms with Crippen LogP contribution in [0.4, 0.5) is 15.8 Å². The zero-order valence-electron chi connectivity index (χ0n) is 11.3. The van der Waals surface area contributed by atoms with Gasteiger partial charge in [0.25, 0.3) is 5.69 Å². The summed E-state index contributed by atoms with van der Waals surface area (Å²) in [5.74, 6) is -0.618. The number of nitrogens with one attached hydrogen (secondary N) is 1. The van der Waals surface area contributed by atoms with E-state index in [1.165, 1.54) is 17.7 Å². The summed E-state index contributed by atoms with van der Waals surface area (Å²) in [5, 5.41) is 13.7. The van der Waals surface area contributed by atoms with Crippen molar-refractivity contribution in [2.75, 3.05) is 5.32 Å². The van der Waals surface area contributed by atoms with Crippen LogP contribution in [0.15, 0.2) is 36.5 Å². The number of nitro benzene ring substituents is 1. The molecule has 0 saturated carbocycles. The molecular weight excluding hydrogens is 273 g/mol. The molecule has 0 spiro atoms. The SMILES string of the molecule is O=[N+]([O-])c1ccc(NC2CCCc3cccnc32)c(F)c1. The summed E-state index contributed by atoms with van der Waals surface area (Å²) < 4.78 is 14.0. The number of hydrogen-bond acceptors (Lipinski definition) is 4. The van der Waals surface area contributed by atoms with E-state index in [9.17, 15) is 14.5 Å². The second-order valence-corrected chi connectivity index (χ2v) is 5.06. The summed E-state index contributed by atoms with van der Waals surface area (Å²) in [7, 11) is 0. The van der Waals surface area contributed by atoms with E-state index in [-0.39, 0.29) is 17.4 Å². The van der Waals surface area contributed by atoms with Crippen molar-refractivity contribution in [3.63, 3.8) is 0 Å². The molecule has 5 nitrogen and oxygen atoms in total. The van der Waals surface area contributed by atoms with Crippen LogP contribution in [0.3, 0.4) is 0 Å². The van der Waals surface area contributed by atoms with Crippen LogP contribution in [0.5, 0.6) is 0 Å². The van der Waals surface area contributed by atoms with E-state index in [2.05, 4.69) is 10.3 Å². The van der Waals surface area contributed by atoms with Gasteiger partial charge in [-0.25, -0.2) is 4.39 Å². The molecule has 1 aliphatic carbocycles. The highest BCUT2D eigenvalue weighted by Crippen LogP contribution is 2.32. The van der Waals surface area contributed by atoms with E-state index in [4.69, 9.17) is 0 Å². The molecule has 1 aromatic heterocycles. The van der Waals surface area contributed by atoms with Crippen molar-refractivity contribution in [1.82, 2.24) is 4.98 Å². The van der Waals surface area contributed by atoms with E-state index < -0.39 is 10.7 Å². The molecule has 21 heavy (non-hydrogen) atoms. The highest BCUT2D eigenvalue weighted by atomic mass is 19.1. The minimum absolute atomic E-state index is 0.0640. The quantitative estimate of drug-likeness (QED) is 0.691. The average molecular weight is 287 g/mol. The lowest BCUT2D eigenvalue weighted by Crippen LogP contribution is -2.19. The highest BCUT2D eigenvalue weighted by Gasteiger charge is 2.22. The van der Waals surface area contributed by atoms with Gasteiger partial charge in [0, 0.05) is 12.3 Å². The van der Waals surface area contributed by atoms with Crippen LogP contribution in [-0.2, 0) is 6.42 Å². The minimum atomic E-state index is -0.618. The molecule has 0 radical (unpaired) electrons. The predicted molar refractivity (Wildman–Crippen MR) is 76.6 cm³/mol. The van der Waals surface area contributed by atoms with Gasteiger partial charge in [-0.2, -0.15) is 0 Å². The fourth-order valence-electron chi connectivity index (χ4n) is 2.67. The Morgan fingerprint density at radius 1 is 1.38 bits per heavy atom. The molecule has 1 atom stereocenters. The Labute approximate surface area is 121 Å². The van der Waals surface area contributed by atoms with Gasteiger partial charge < -0.3 is 5.32 Å². The summed E-state index contributed by atoms with van der Waals surface area (Å²) in [6.45, 7) is 0. The number of anilines is 1. The average Bonchev–Trinajstić information content (AvgIpc) is 2.49. The van der Waals surface area contributed by atoms with E-state index in [0.29, 0.717) is 0 Å². The van der Waals surface area contributed by atoms with Gasteiger partial charge in [-0.15, -0.1) is 0 Å². The molecule has 0 saturated heterocycles. The van der Waals surface area contributed by atoms with Gasteiger partial charge >= 0.3 is 0 Å². The monoisotopic (exact) mass is 287 g/mol. The Kier molecular flexibility index (Phi) is 3.51. The molecule has 108 valence electrons. The Morgan fingerprint density at radius 2 is 2.24 bits per heavy atom. The molecule has 6 heteroatoms. The van der Waals surface area contributed by atoms with E-state index in [1.54, 1.807) is 6.20 Å². The number of pyridine rings is 1. The summed E-state index contributed by atoms with van der Waals surface area (Å²) in [6.07, 6.45) is 4.57. The normalized spacial score (nSPS) is 17.1. The van der Waals surface area contributed by atoms with Crippen molar-refractivity contribution in [2.45, 2.75) is 25.3 Å². The first-order valence-corrected chi connectivity index (χ1v) is 6.79. The van der Waals surface area contributed by atoms with Crippen LogP contribution in [0.25, 0.3) is 0 Å². The highest BCUT2D eigenvalue weighted by molar-refractivity contribution is 5.51. The third kappa shape index (κ3) is 2.69. The molecule has 3 rings (SSSR count). The lowest BCUT2D eigenvalue weighted by molar-refractivity contribution is -0.385. The zero-order valence-corrected chi connectivity index (χ0v) is 11.3.